The lowest BCUT2D eigenvalue weighted by atomic mass is 10.2. The number of hydrogen-bond donors (Lipinski definition) is 0. The van der Waals surface area contributed by atoms with E-state index in [-0.39, 0.29) is 6.61 Å². The minimum Gasteiger partial charge on any atom is -0.236 e. The second kappa shape index (κ2) is 5.28. The Kier molecular flexibility index (Phi) is 4.29. The van der Waals surface area contributed by atoms with Gasteiger partial charge in [0.1, 0.15) is 0 Å². The summed E-state index contributed by atoms with van der Waals surface area (Å²) in [6.45, 7) is -0.102. The van der Waals surface area contributed by atoms with Crippen LogP contribution in [0, 0.1) is 0 Å². The van der Waals surface area contributed by atoms with Crippen LogP contribution in [0.2, 0.25) is 10.0 Å². The molecule has 3 heteroatoms. The molecule has 0 amide bonds. The Morgan fingerprint density at radius 2 is 2.08 bits per heavy atom. The van der Waals surface area contributed by atoms with E-state index in [0.717, 1.165) is 5.56 Å². The van der Waals surface area contributed by atoms with Gasteiger partial charge in [0.15, 0.2) is 0 Å². The molecule has 0 saturated heterocycles. The van der Waals surface area contributed by atoms with Crippen molar-refractivity contribution < 1.29 is 5.11 Å². The number of rotatable bonds is 3. The Hall–Kier alpha value is -0.500. The molecule has 1 aromatic rings. The predicted molar refractivity (Wildman–Crippen MR) is 55.7 cm³/mol. The highest BCUT2D eigenvalue weighted by Crippen LogP contribution is 2.26. The van der Waals surface area contributed by atoms with Crippen LogP contribution in [0.1, 0.15) is 12.0 Å². The maximum atomic E-state index is 10.2. The quantitative estimate of drug-likeness (QED) is 0.731. The third-order valence-electron chi connectivity index (χ3n) is 1.56. The minimum atomic E-state index is -0.102. The third-order valence-corrected chi connectivity index (χ3v) is 2.40. The molecule has 0 fully saturated rings. The molecule has 13 heavy (non-hydrogen) atoms. The van der Waals surface area contributed by atoms with Gasteiger partial charge in [-0.05, 0) is 18.1 Å². The number of hydrogen-bond acceptors (Lipinski definition) is 0. The second-order valence-corrected chi connectivity index (χ2v) is 3.32. The Morgan fingerprint density at radius 3 is 2.77 bits per heavy atom. The topological polar surface area (TPSA) is 19.9 Å². The van der Waals surface area contributed by atoms with Gasteiger partial charge in [0.05, 0.1) is 16.7 Å². The lowest BCUT2D eigenvalue weighted by Gasteiger charge is -1.99. The van der Waals surface area contributed by atoms with E-state index in [2.05, 4.69) is 0 Å². The maximum absolute atomic E-state index is 10.2. The molecule has 0 aliphatic carbocycles. The van der Waals surface area contributed by atoms with Crippen LogP contribution < -0.4 is 0 Å². The van der Waals surface area contributed by atoms with Crippen LogP contribution in [-0.2, 0) is 5.11 Å². The summed E-state index contributed by atoms with van der Waals surface area (Å²) in [6, 6.07) is 5.41. The van der Waals surface area contributed by atoms with E-state index < -0.39 is 0 Å². The fraction of sp³-hybridized carbons (Fsp3) is 0.200. The SMILES string of the molecule is [O]CC/C=C/c1cccc(Cl)c1Cl. The Bertz CT molecular complexity index is 308. The first-order valence-corrected chi connectivity index (χ1v) is 4.70. The molecule has 0 heterocycles. The number of halogens is 2. The van der Waals surface area contributed by atoms with E-state index in [1.807, 2.05) is 18.2 Å². The zero-order chi connectivity index (χ0) is 9.68. The smallest absolute Gasteiger partial charge is 0.0856 e. The second-order valence-electron chi connectivity index (χ2n) is 2.54. The molecule has 69 valence electrons. The van der Waals surface area contributed by atoms with Crippen molar-refractivity contribution in [1.29, 1.82) is 0 Å². The predicted octanol–water partition coefficient (Wildman–Crippen LogP) is 3.83. The summed E-state index contributed by atoms with van der Waals surface area (Å²) in [5.74, 6) is 0. The molecule has 0 bridgehead atoms. The molecule has 1 nitrogen and oxygen atoms in total. The summed E-state index contributed by atoms with van der Waals surface area (Å²) < 4.78 is 0. The summed E-state index contributed by atoms with van der Waals surface area (Å²) in [4.78, 5) is 0. The average molecular weight is 216 g/mol. The zero-order valence-electron chi connectivity index (χ0n) is 6.97. The van der Waals surface area contributed by atoms with Crippen LogP contribution in [0.4, 0.5) is 0 Å². The van der Waals surface area contributed by atoms with Gasteiger partial charge in [-0.1, -0.05) is 47.5 Å². The van der Waals surface area contributed by atoms with Crippen molar-refractivity contribution in [2.24, 2.45) is 0 Å². The van der Waals surface area contributed by atoms with E-state index >= 15 is 0 Å². The molecule has 1 radical (unpaired) electrons. The van der Waals surface area contributed by atoms with Gasteiger partial charge >= 0.3 is 0 Å². The third kappa shape index (κ3) is 3.03. The molecular formula is C10H9Cl2O. The lowest BCUT2D eigenvalue weighted by Crippen LogP contribution is -1.77. The van der Waals surface area contributed by atoms with Crippen molar-refractivity contribution in [1.82, 2.24) is 0 Å². The molecule has 0 spiro atoms. The normalized spacial score (nSPS) is 11.0. The summed E-state index contributed by atoms with van der Waals surface area (Å²) in [5, 5.41) is 11.2. The molecule has 0 unspecified atom stereocenters. The molecule has 1 aromatic carbocycles. The van der Waals surface area contributed by atoms with Gasteiger partial charge in [-0.15, -0.1) is 0 Å². The summed E-state index contributed by atoms with van der Waals surface area (Å²) in [7, 11) is 0. The summed E-state index contributed by atoms with van der Waals surface area (Å²) in [6.07, 6.45) is 4.12. The van der Waals surface area contributed by atoms with Crippen molar-refractivity contribution in [2.45, 2.75) is 6.42 Å². The Balaban J connectivity index is 2.83. The van der Waals surface area contributed by atoms with E-state index in [4.69, 9.17) is 23.2 Å². The highest BCUT2D eigenvalue weighted by Gasteiger charge is 1.99. The Morgan fingerprint density at radius 1 is 1.31 bits per heavy atom. The summed E-state index contributed by atoms with van der Waals surface area (Å²) in [5.41, 5.74) is 0.850. The molecule has 0 N–H and O–H groups in total. The molecule has 0 atom stereocenters. The van der Waals surface area contributed by atoms with Gasteiger partial charge in [-0.25, -0.2) is 5.11 Å². The number of benzene rings is 1. The molecule has 0 aliphatic heterocycles. The van der Waals surface area contributed by atoms with Gasteiger partial charge in [0, 0.05) is 0 Å². The van der Waals surface area contributed by atoms with Gasteiger partial charge in [-0.3, -0.25) is 0 Å². The van der Waals surface area contributed by atoms with Gasteiger partial charge in [-0.2, -0.15) is 0 Å². The van der Waals surface area contributed by atoms with Crippen molar-refractivity contribution in [2.75, 3.05) is 6.61 Å². The van der Waals surface area contributed by atoms with Crippen molar-refractivity contribution >= 4 is 29.3 Å². The van der Waals surface area contributed by atoms with Crippen molar-refractivity contribution in [3.05, 3.63) is 39.9 Å². The highest BCUT2D eigenvalue weighted by molar-refractivity contribution is 6.42. The molecular weight excluding hydrogens is 207 g/mol. The molecule has 0 saturated carbocycles. The molecule has 0 aromatic heterocycles. The monoisotopic (exact) mass is 215 g/mol. The van der Waals surface area contributed by atoms with E-state index in [0.29, 0.717) is 16.5 Å². The highest BCUT2D eigenvalue weighted by atomic mass is 35.5. The van der Waals surface area contributed by atoms with Crippen molar-refractivity contribution in [3.63, 3.8) is 0 Å². The first kappa shape index (κ1) is 10.6. The fourth-order valence-electron chi connectivity index (χ4n) is 0.928. The van der Waals surface area contributed by atoms with E-state index in [1.165, 1.54) is 0 Å². The van der Waals surface area contributed by atoms with Gasteiger partial charge in [0.25, 0.3) is 0 Å². The minimum absolute atomic E-state index is 0.102. The first-order valence-electron chi connectivity index (χ1n) is 3.94. The van der Waals surface area contributed by atoms with Crippen LogP contribution in [0.3, 0.4) is 0 Å². The zero-order valence-corrected chi connectivity index (χ0v) is 8.48. The van der Waals surface area contributed by atoms with Crippen LogP contribution in [0.15, 0.2) is 24.3 Å². The molecule has 1 rings (SSSR count). The maximum Gasteiger partial charge on any atom is 0.0856 e. The van der Waals surface area contributed by atoms with Gasteiger partial charge < -0.3 is 0 Å². The summed E-state index contributed by atoms with van der Waals surface area (Å²) >= 11 is 11.7. The lowest BCUT2D eigenvalue weighted by molar-refractivity contribution is 0.199. The van der Waals surface area contributed by atoms with Crippen LogP contribution in [-0.4, -0.2) is 6.61 Å². The van der Waals surface area contributed by atoms with E-state index in [1.54, 1.807) is 12.1 Å². The Labute approximate surface area is 87.6 Å². The van der Waals surface area contributed by atoms with Crippen LogP contribution in [0.5, 0.6) is 0 Å². The fourth-order valence-corrected chi connectivity index (χ4v) is 1.30. The average Bonchev–Trinajstić information content (AvgIpc) is 2.13. The van der Waals surface area contributed by atoms with Gasteiger partial charge in [0.2, 0.25) is 0 Å². The van der Waals surface area contributed by atoms with Crippen LogP contribution in [0.25, 0.3) is 6.08 Å². The largest absolute Gasteiger partial charge is 0.236 e. The van der Waals surface area contributed by atoms with Crippen LogP contribution >= 0.6 is 23.2 Å². The standard InChI is InChI=1S/C10H9Cl2O/c11-9-6-3-5-8(10(9)12)4-1-2-7-13/h1,3-6H,2,7H2/b4-1+. The van der Waals surface area contributed by atoms with Crippen molar-refractivity contribution in [3.8, 4) is 0 Å². The molecule has 0 aliphatic rings. The van der Waals surface area contributed by atoms with E-state index in [9.17, 15) is 5.11 Å². The first-order chi connectivity index (χ1) is 6.25.